The zero-order valence-corrected chi connectivity index (χ0v) is 12.4. The topological polar surface area (TPSA) is 12.2 Å². The lowest BCUT2D eigenvalue weighted by Gasteiger charge is -2.26. The van der Waals surface area contributed by atoms with Gasteiger partial charge < -0.3 is 13.3 Å². The van der Waals surface area contributed by atoms with Gasteiger partial charge in [-0.3, -0.25) is 0 Å². The first-order valence-corrected chi connectivity index (χ1v) is 9.53. The van der Waals surface area contributed by atoms with Crippen LogP contribution in [0.5, 0.6) is 0 Å². The molecule has 0 spiro atoms. The lowest BCUT2D eigenvalue weighted by molar-refractivity contribution is -0.471. The van der Waals surface area contributed by atoms with E-state index in [0.29, 0.717) is 5.56 Å². The predicted molar refractivity (Wildman–Crippen MR) is 74.3 cm³/mol. The summed E-state index contributed by atoms with van der Waals surface area (Å²) in [6, 6.07) is 5.39. The summed E-state index contributed by atoms with van der Waals surface area (Å²) in [5.41, 5.74) is 0.672. The maximum atomic E-state index is 14.2. The van der Waals surface area contributed by atoms with Crippen LogP contribution >= 0.6 is 0 Å². The maximum absolute atomic E-state index is 14.2. The van der Waals surface area contributed by atoms with E-state index >= 15 is 0 Å². The van der Waals surface area contributed by atoms with E-state index in [1.54, 1.807) is 24.7 Å². The molecule has 1 aliphatic heterocycles. The van der Waals surface area contributed by atoms with E-state index in [2.05, 4.69) is 19.6 Å². The smallest absolute Gasteiger partial charge is 0.538 e. The third kappa shape index (κ3) is 1.98. The number of fused-ring (bicyclic) bond motifs is 1. The molecule has 2 rings (SSSR count). The van der Waals surface area contributed by atoms with E-state index in [0.717, 1.165) is 5.19 Å². The minimum atomic E-state index is -3.92. The summed E-state index contributed by atoms with van der Waals surface area (Å²) in [4.78, 5) is 0. The number of hydrogen-bond donors (Lipinski definition) is 0. The van der Waals surface area contributed by atoms with E-state index in [4.69, 9.17) is 4.65 Å². The Morgan fingerprint density at radius 2 is 1.78 bits per heavy atom. The van der Waals surface area contributed by atoms with Crippen molar-refractivity contribution in [2.75, 3.05) is 14.1 Å². The van der Waals surface area contributed by atoms with Gasteiger partial charge in [0.15, 0.2) is 0 Å². The maximum Gasteiger partial charge on any atom is 0.538 e. The lowest BCUT2D eigenvalue weighted by Crippen LogP contribution is -2.55. The Balaban J connectivity index is 2.78. The average molecular weight is 269 g/mol. The molecule has 0 unspecified atom stereocenters. The first-order valence-electron chi connectivity index (χ1n) is 6.03. The van der Waals surface area contributed by atoms with Gasteiger partial charge in [-0.2, -0.15) is 0 Å². The summed E-state index contributed by atoms with van der Waals surface area (Å²) in [5.74, 6) is 0.273. The first kappa shape index (κ1) is 13.3. The predicted octanol–water partition coefficient (Wildman–Crippen LogP) is 1.37. The molecule has 0 saturated heterocycles. The van der Waals surface area contributed by atoms with Gasteiger partial charge in [-0.25, -0.2) is 4.58 Å². The van der Waals surface area contributed by atoms with E-state index in [9.17, 15) is 8.63 Å². The van der Waals surface area contributed by atoms with Gasteiger partial charge in [-0.1, -0.05) is 42.4 Å². The highest BCUT2D eigenvalue weighted by Gasteiger charge is 2.46. The van der Waals surface area contributed by atoms with Gasteiger partial charge in [0.05, 0.1) is 13.6 Å². The minimum absolute atomic E-state index is 0.125. The van der Waals surface area contributed by atoms with Crippen LogP contribution in [0, 0.1) is 0 Å². The van der Waals surface area contributed by atoms with Crippen LogP contribution in [0.15, 0.2) is 18.2 Å². The Kier molecular flexibility index (Phi) is 2.88. The third-order valence-corrected chi connectivity index (χ3v) is 5.20. The standard InChI is InChI=1S/C12H18BF2NOSi/c1-16(2)12-9-7-6-8-10(18(3,4)5)11(9)13(14,15)17-12/h6-8H,1-5H3. The highest BCUT2D eigenvalue weighted by Crippen LogP contribution is 2.22. The zero-order valence-electron chi connectivity index (χ0n) is 11.4. The Morgan fingerprint density at radius 3 is 2.28 bits per heavy atom. The summed E-state index contributed by atoms with van der Waals surface area (Å²) >= 11 is 0. The van der Waals surface area contributed by atoms with Crippen molar-refractivity contribution < 1.29 is 17.9 Å². The largest absolute Gasteiger partial charge is 0.611 e. The molecule has 0 fully saturated rings. The molecule has 1 aliphatic rings. The van der Waals surface area contributed by atoms with Crippen LogP contribution in [0.1, 0.15) is 5.56 Å². The summed E-state index contributed by atoms with van der Waals surface area (Å²) in [5, 5.41) is 0.793. The van der Waals surface area contributed by atoms with Crippen molar-refractivity contribution in [3.8, 4) is 0 Å². The second-order valence-electron chi connectivity index (χ2n) is 5.93. The van der Waals surface area contributed by atoms with E-state index in [1.807, 2.05) is 12.1 Å². The molecule has 0 amide bonds. The fourth-order valence-corrected chi connectivity index (χ4v) is 4.08. The van der Waals surface area contributed by atoms with Crippen LogP contribution in [0.4, 0.5) is 8.63 Å². The van der Waals surface area contributed by atoms with Crippen molar-refractivity contribution >= 4 is 31.5 Å². The van der Waals surface area contributed by atoms with Gasteiger partial charge in [-0.15, -0.1) is 0 Å². The molecule has 18 heavy (non-hydrogen) atoms. The molecule has 0 atom stereocenters. The molecule has 1 heterocycles. The molecule has 2 nitrogen and oxygen atoms in total. The molecule has 1 aromatic rings. The monoisotopic (exact) mass is 269 g/mol. The quantitative estimate of drug-likeness (QED) is 0.554. The second kappa shape index (κ2) is 3.91. The molecule has 0 saturated carbocycles. The second-order valence-corrected chi connectivity index (χ2v) is 11.0. The lowest BCUT2D eigenvalue weighted by atomic mass is 9.76. The third-order valence-electron chi connectivity index (χ3n) is 3.15. The molecule has 0 bridgehead atoms. The van der Waals surface area contributed by atoms with Gasteiger partial charge in [0.2, 0.25) is 0 Å². The van der Waals surface area contributed by atoms with E-state index < -0.39 is 15.0 Å². The molecular formula is C12H18BF2NOSi. The Labute approximate surface area is 107 Å². The fourth-order valence-electron chi connectivity index (χ4n) is 2.38. The van der Waals surface area contributed by atoms with Gasteiger partial charge in [0.1, 0.15) is 14.1 Å². The van der Waals surface area contributed by atoms with Crippen LogP contribution in [0.25, 0.3) is 0 Å². The van der Waals surface area contributed by atoms with E-state index in [-0.39, 0.29) is 11.4 Å². The van der Waals surface area contributed by atoms with Gasteiger partial charge in [0.25, 0.3) is 0 Å². The number of rotatable bonds is 1. The van der Waals surface area contributed by atoms with Crippen LogP contribution in [-0.4, -0.2) is 39.5 Å². The summed E-state index contributed by atoms with van der Waals surface area (Å²) in [6.07, 6.45) is 0. The molecule has 6 heteroatoms. The first-order chi connectivity index (χ1) is 8.14. The van der Waals surface area contributed by atoms with Crippen LogP contribution in [-0.2, 0) is 4.65 Å². The molecule has 0 radical (unpaired) electrons. The van der Waals surface area contributed by atoms with Gasteiger partial charge in [0, 0.05) is 0 Å². The normalized spacial score (nSPS) is 17.4. The zero-order chi connectivity index (χ0) is 13.7. The number of hydrogen-bond acceptors (Lipinski definition) is 1. The molecule has 0 aromatic heterocycles. The number of benzene rings is 1. The van der Waals surface area contributed by atoms with Crippen LogP contribution in [0.2, 0.25) is 19.6 Å². The van der Waals surface area contributed by atoms with Crippen molar-refractivity contribution in [2.45, 2.75) is 19.6 Å². The van der Waals surface area contributed by atoms with Crippen molar-refractivity contribution in [3.63, 3.8) is 0 Å². The Hall–Kier alpha value is -1.17. The highest BCUT2D eigenvalue weighted by molar-refractivity contribution is 6.95. The van der Waals surface area contributed by atoms with Crippen LogP contribution < -0.4 is 10.6 Å². The Bertz CT molecular complexity index is 533. The SMILES string of the molecule is C[N+](C)=C1O[B-](F)(F)c2c1cccc2[Si](C)(C)C. The van der Waals surface area contributed by atoms with Crippen molar-refractivity contribution in [3.05, 3.63) is 23.8 Å². The van der Waals surface area contributed by atoms with Crippen LogP contribution in [0.3, 0.4) is 0 Å². The van der Waals surface area contributed by atoms with Gasteiger partial charge >= 0.3 is 12.8 Å². The molecule has 98 valence electrons. The van der Waals surface area contributed by atoms with Crippen molar-refractivity contribution in [1.29, 1.82) is 0 Å². The molecule has 1 aromatic carbocycles. The number of nitrogens with zero attached hydrogens (tertiary/aromatic N) is 1. The fraction of sp³-hybridized carbons (Fsp3) is 0.417. The van der Waals surface area contributed by atoms with Crippen molar-refractivity contribution in [2.24, 2.45) is 0 Å². The Morgan fingerprint density at radius 1 is 1.17 bits per heavy atom. The average Bonchev–Trinajstić information content (AvgIpc) is 2.50. The summed E-state index contributed by atoms with van der Waals surface area (Å²) < 4.78 is 34.8. The number of halogens is 2. The summed E-state index contributed by atoms with van der Waals surface area (Å²) in [6.45, 7) is 2.29. The van der Waals surface area contributed by atoms with E-state index in [1.165, 1.54) is 0 Å². The summed E-state index contributed by atoms with van der Waals surface area (Å²) in [7, 11) is 1.62. The molecule has 0 N–H and O–H groups in total. The highest BCUT2D eigenvalue weighted by atomic mass is 28.3. The van der Waals surface area contributed by atoms with Crippen molar-refractivity contribution in [1.82, 2.24) is 0 Å². The molecular weight excluding hydrogens is 251 g/mol. The minimum Gasteiger partial charge on any atom is -0.611 e. The van der Waals surface area contributed by atoms with Gasteiger partial charge in [-0.05, 0) is 6.07 Å². The molecule has 0 aliphatic carbocycles.